The number of methoxy groups -OCH3 is 2. The van der Waals surface area contributed by atoms with Crippen molar-refractivity contribution in [1.29, 1.82) is 0 Å². The molecule has 0 aliphatic carbocycles. The topological polar surface area (TPSA) is 35.5 Å². The van der Waals surface area contributed by atoms with Crippen LogP contribution in [0.2, 0.25) is 5.02 Å². The first-order valence-electron chi connectivity index (χ1n) is 6.25. The van der Waals surface area contributed by atoms with Gasteiger partial charge in [0.05, 0.1) is 24.8 Å². The molecule has 0 N–H and O–H groups in total. The highest BCUT2D eigenvalue weighted by molar-refractivity contribution is 6.30. The molecule has 0 saturated carbocycles. The van der Waals surface area contributed by atoms with Crippen molar-refractivity contribution < 1.29 is 18.7 Å². The molecule has 0 aliphatic heterocycles. The molecule has 0 saturated heterocycles. The summed E-state index contributed by atoms with van der Waals surface area (Å²) in [5, 5.41) is -0.00194. The minimum absolute atomic E-state index is 0.00194. The maximum Gasteiger partial charge on any atom is 0.171 e. The zero-order valence-electron chi connectivity index (χ0n) is 11.7. The predicted molar refractivity (Wildman–Crippen MR) is 79.0 cm³/mol. The van der Waals surface area contributed by atoms with Crippen molar-refractivity contribution in [1.82, 2.24) is 0 Å². The summed E-state index contributed by atoms with van der Waals surface area (Å²) in [6, 6.07) is 9.31. The van der Waals surface area contributed by atoms with E-state index in [1.807, 2.05) is 0 Å². The smallest absolute Gasteiger partial charge is 0.171 e. The van der Waals surface area contributed by atoms with E-state index < -0.39 is 5.82 Å². The van der Waals surface area contributed by atoms with Crippen molar-refractivity contribution in [2.75, 3.05) is 14.2 Å². The average molecular weight is 309 g/mol. The normalized spacial score (nSPS) is 10.3. The number of para-hydroxylation sites is 1. The molecule has 2 aromatic rings. The second kappa shape index (κ2) is 6.59. The van der Waals surface area contributed by atoms with Gasteiger partial charge in [-0.05, 0) is 29.8 Å². The molecule has 0 aromatic heterocycles. The third-order valence-corrected chi connectivity index (χ3v) is 3.34. The van der Waals surface area contributed by atoms with Crippen LogP contribution >= 0.6 is 11.6 Å². The van der Waals surface area contributed by atoms with E-state index in [0.717, 1.165) is 0 Å². The Morgan fingerprint density at radius 2 is 1.95 bits per heavy atom. The van der Waals surface area contributed by atoms with Crippen molar-refractivity contribution in [3.05, 3.63) is 58.4 Å². The van der Waals surface area contributed by atoms with Crippen LogP contribution in [0.3, 0.4) is 0 Å². The summed E-state index contributed by atoms with van der Waals surface area (Å²) in [4.78, 5) is 12.4. The Bertz CT molecular complexity index is 671. The Kier molecular flexibility index (Phi) is 4.81. The molecule has 0 fully saturated rings. The number of Topliss-reactive ketones (excluding diaryl/α,β-unsaturated/α-hetero) is 1. The van der Waals surface area contributed by atoms with Crippen LogP contribution in [0.4, 0.5) is 4.39 Å². The summed E-state index contributed by atoms with van der Waals surface area (Å²) in [5.74, 6) is 0.207. The highest BCUT2D eigenvalue weighted by Gasteiger charge is 2.17. The fraction of sp³-hybridized carbons (Fsp3) is 0.188. The number of ether oxygens (including phenoxy) is 2. The molecular weight excluding hydrogens is 295 g/mol. The molecule has 5 heteroatoms. The molecule has 0 spiro atoms. The molecule has 0 bridgehead atoms. The molecule has 3 nitrogen and oxygen atoms in total. The van der Waals surface area contributed by atoms with Crippen molar-refractivity contribution in [3.8, 4) is 11.5 Å². The van der Waals surface area contributed by atoms with E-state index in [1.165, 1.54) is 32.4 Å². The van der Waals surface area contributed by atoms with Gasteiger partial charge in [-0.1, -0.05) is 23.7 Å². The maximum absolute atomic E-state index is 13.1. The van der Waals surface area contributed by atoms with E-state index in [-0.39, 0.29) is 17.2 Å². The summed E-state index contributed by atoms with van der Waals surface area (Å²) in [6.45, 7) is 0. The minimum atomic E-state index is -0.508. The molecule has 0 aliphatic rings. The molecule has 110 valence electrons. The van der Waals surface area contributed by atoms with Crippen LogP contribution in [-0.2, 0) is 6.42 Å². The highest BCUT2D eigenvalue weighted by Crippen LogP contribution is 2.31. The second-order valence-electron chi connectivity index (χ2n) is 4.39. The molecule has 0 radical (unpaired) electrons. The van der Waals surface area contributed by atoms with Crippen LogP contribution in [0.5, 0.6) is 11.5 Å². The van der Waals surface area contributed by atoms with Gasteiger partial charge in [0.15, 0.2) is 17.3 Å². The Morgan fingerprint density at radius 3 is 2.57 bits per heavy atom. The molecule has 2 rings (SSSR count). The van der Waals surface area contributed by atoms with Crippen LogP contribution in [0, 0.1) is 5.82 Å². The number of rotatable bonds is 5. The Labute approximate surface area is 127 Å². The van der Waals surface area contributed by atoms with Gasteiger partial charge in [-0.3, -0.25) is 4.79 Å². The average Bonchev–Trinajstić information content (AvgIpc) is 2.49. The molecule has 0 unspecified atom stereocenters. The largest absolute Gasteiger partial charge is 0.493 e. The first-order chi connectivity index (χ1) is 10.1. The van der Waals surface area contributed by atoms with Gasteiger partial charge in [-0.25, -0.2) is 4.39 Å². The zero-order valence-corrected chi connectivity index (χ0v) is 12.4. The summed E-state index contributed by atoms with van der Waals surface area (Å²) in [6.07, 6.45) is 0.101. The van der Waals surface area contributed by atoms with Gasteiger partial charge in [0.25, 0.3) is 0 Å². The first-order valence-corrected chi connectivity index (χ1v) is 6.62. The number of halogens is 2. The fourth-order valence-corrected chi connectivity index (χ4v) is 2.24. The number of benzene rings is 2. The van der Waals surface area contributed by atoms with Crippen LogP contribution in [0.15, 0.2) is 36.4 Å². The van der Waals surface area contributed by atoms with Gasteiger partial charge in [-0.2, -0.15) is 0 Å². The number of carbonyl (C=O) groups excluding carboxylic acids is 1. The van der Waals surface area contributed by atoms with E-state index in [2.05, 4.69) is 0 Å². The second-order valence-corrected chi connectivity index (χ2v) is 4.80. The van der Waals surface area contributed by atoms with Gasteiger partial charge >= 0.3 is 0 Å². The van der Waals surface area contributed by atoms with E-state index >= 15 is 0 Å². The lowest BCUT2D eigenvalue weighted by Gasteiger charge is -2.11. The van der Waals surface area contributed by atoms with Crippen molar-refractivity contribution >= 4 is 17.4 Å². The summed E-state index contributed by atoms with van der Waals surface area (Å²) in [7, 11) is 2.98. The van der Waals surface area contributed by atoms with Gasteiger partial charge in [0, 0.05) is 6.42 Å². The minimum Gasteiger partial charge on any atom is -0.493 e. The van der Waals surface area contributed by atoms with Gasteiger partial charge in [0.1, 0.15) is 5.82 Å². The van der Waals surface area contributed by atoms with Crippen molar-refractivity contribution in [2.45, 2.75) is 6.42 Å². The summed E-state index contributed by atoms with van der Waals surface area (Å²) < 4.78 is 23.5. The molecule has 0 amide bonds. The Morgan fingerprint density at radius 1 is 1.19 bits per heavy atom. The van der Waals surface area contributed by atoms with Crippen LogP contribution in [-0.4, -0.2) is 20.0 Å². The molecule has 2 aromatic carbocycles. The molecule has 21 heavy (non-hydrogen) atoms. The predicted octanol–water partition coefficient (Wildman–Crippen LogP) is 3.92. The fourth-order valence-electron chi connectivity index (χ4n) is 2.04. The summed E-state index contributed by atoms with van der Waals surface area (Å²) in [5.41, 5.74) is 1.05. The zero-order chi connectivity index (χ0) is 15.4. The number of carbonyl (C=O) groups is 1. The van der Waals surface area contributed by atoms with Crippen molar-refractivity contribution in [2.24, 2.45) is 0 Å². The highest BCUT2D eigenvalue weighted by atomic mass is 35.5. The lowest BCUT2D eigenvalue weighted by Crippen LogP contribution is -2.07. The Balaban J connectivity index is 2.30. The molecular formula is C16H14ClFO3. The van der Waals surface area contributed by atoms with Gasteiger partial charge in [-0.15, -0.1) is 0 Å². The third-order valence-electron chi connectivity index (χ3n) is 3.05. The monoisotopic (exact) mass is 308 g/mol. The van der Waals surface area contributed by atoms with E-state index in [9.17, 15) is 9.18 Å². The Hall–Kier alpha value is -2.07. The van der Waals surface area contributed by atoms with E-state index in [0.29, 0.717) is 22.6 Å². The van der Waals surface area contributed by atoms with E-state index in [1.54, 1.807) is 18.2 Å². The summed E-state index contributed by atoms with van der Waals surface area (Å²) >= 11 is 5.72. The molecule has 0 atom stereocenters. The maximum atomic E-state index is 13.1. The van der Waals surface area contributed by atoms with Crippen LogP contribution < -0.4 is 9.47 Å². The number of ketones is 1. The number of hydrogen-bond donors (Lipinski definition) is 0. The quantitative estimate of drug-likeness (QED) is 0.785. The first kappa shape index (κ1) is 15.3. The van der Waals surface area contributed by atoms with Gasteiger partial charge < -0.3 is 9.47 Å². The lowest BCUT2D eigenvalue weighted by atomic mass is 10.0. The molecule has 0 heterocycles. The van der Waals surface area contributed by atoms with Crippen molar-refractivity contribution in [3.63, 3.8) is 0 Å². The standard InChI is InChI=1S/C16H14ClFO3/c1-20-15-5-3-4-11(16(15)21-2)14(19)9-10-6-7-13(18)12(17)8-10/h3-8H,9H2,1-2H3. The lowest BCUT2D eigenvalue weighted by molar-refractivity contribution is 0.0989. The third kappa shape index (κ3) is 3.34. The SMILES string of the molecule is COc1cccc(C(=O)Cc2ccc(F)c(Cl)c2)c1OC. The van der Waals surface area contributed by atoms with Crippen LogP contribution in [0.1, 0.15) is 15.9 Å². The van der Waals surface area contributed by atoms with E-state index in [4.69, 9.17) is 21.1 Å². The number of hydrogen-bond acceptors (Lipinski definition) is 3. The van der Waals surface area contributed by atoms with Gasteiger partial charge in [0.2, 0.25) is 0 Å². The van der Waals surface area contributed by atoms with Crippen LogP contribution in [0.25, 0.3) is 0 Å².